The van der Waals surface area contributed by atoms with Crippen LogP contribution in [0.15, 0.2) is 16.8 Å². The van der Waals surface area contributed by atoms with Crippen molar-refractivity contribution in [3.63, 3.8) is 0 Å². The van der Waals surface area contributed by atoms with Crippen molar-refractivity contribution in [2.45, 2.75) is 39.2 Å². The molecule has 0 unspecified atom stereocenters. The third-order valence-corrected chi connectivity index (χ3v) is 4.21. The Morgan fingerprint density at radius 1 is 1.33 bits per heavy atom. The van der Waals surface area contributed by atoms with E-state index in [9.17, 15) is 0 Å². The molecule has 1 nitrogen and oxygen atoms in total. The van der Waals surface area contributed by atoms with Crippen LogP contribution in [0, 0.1) is 11.8 Å². The van der Waals surface area contributed by atoms with Gasteiger partial charge in [0.15, 0.2) is 0 Å². The van der Waals surface area contributed by atoms with Crippen molar-refractivity contribution in [2.24, 2.45) is 11.8 Å². The Balaban J connectivity index is 1.62. The molecule has 0 saturated heterocycles. The Morgan fingerprint density at radius 3 is 2.80 bits per heavy atom. The molecule has 0 amide bonds. The predicted octanol–water partition coefficient (Wildman–Crippen LogP) is 3.66. The van der Waals surface area contributed by atoms with E-state index in [-0.39, 0.29) is 0 Å². The van der Waals surface area contributed by atoms with Gasteiger partial charge in [0, 0.05) is 6.54 Å². The third-order valence-electron chi connectivity index (χ3n) is 3.48. The molecule has 2 heteroatoms. The lowest BCUT2D eigenvalue weighted by Gasteiger charge is -2.26. The minimum absolute atomic E-state index is 0.930. The molecule has 0 aliphatic heterocycles. The van der Waals surface area contributed by atoms with Gasteiger partial charge in [-0.2, -0.15) is 11.3 Å². The fraction of sp³-hybridized carbons (Fsp3) is 0.692. The van der Waals surface area contributed by atoms with Crippen molar-refractivity contribution < 1.29 is 0 Å². The van der Waals surface area contributed by atoms with Crippen LogP contribution in [-0.4, -0.2) is 6.54 Å². The first-order valence-corrected chi connectivity index (χ1v) is 7.00. The summed E-state index contributed by atoms with van der Waals surface area (Å²) in [6, 6.07) is 2.21. The number of thiophene rings is 1. The molecule has 15 heavy (non-hydrogen) atoms. The quantitative estimate of drug-likeness (QED) is 0.821. The van der Waals surface area contributed by atoms with Gasteiger partial charge in [-0.3, -0.25) is 0 Å². The standard InChI is InChI=1S/C13H21NS/c1-11-2-4-12(5-3-11)8-14-9-13-6-7-15-10-13/h6-7,10-12,14H,2-5,8-9H2,1H3. The van der Waals surface area contributed by atoms with Crippen molar-refractivity contribution in [2.75, 3.05) is 6.54 Å². The van der Waals surface area contributed by atoms with Crippen LogP contribution in [0.5, 0.6) is 0 Å². The lowest BCUT2D eigenvalue weighted by atomic mass is 9.83. The highest BCUT2D eigenvalue weighted by atomic mass is 32.1. The second kappa shape index (κ2) is 5.66. The van der Waals surface area contributed by atoms with Gasteiger partial charge in [-0.05, 0) is 53.6 Å². The molecule has 1 aromatic rings. The molecule has 84 valence electrons. The summed E-state index contributed by atoms with van der Waals surface area (Å²) in [7, 11) is 0. The predicted molar refractivity (Wildman–Crippen MR) is 67.1 cm³/mol. The maximum absolute atomic E-state index is 3.58. The smallest absolute Gasteiger partial charge is 0.0213 e. The molecule has 0 radical (unpaired) electrons. The van der Waals surface area contributed by atoms with E-state index in [0.29, 0.717) is 0 Å². The van der Waals surface area contributed by atoms with Gasteiger partial charge in [0.1, 0.15) is 0 Å². The van der Waals surface area contributed by atoms with Crippen LogP contribution in [0.3, 0.4) is 0 Å². The zero-order valence-electron chi connectivity index (χ0n) is 9.54. The van der Waals surface area contributed by atoms with Gasteiger partial charge in [-0.15, -0.1) is 0 Å². The number of rotatable bonds is 4. The highest BCUT2D eigenvalue weighted by Gasteiger charge is 2.17. The average molecular weight is 223 g/mol. The lowest BCUT2D eigenvalue weighted by molar-refractivity contribution is 0.281. The molecule has 1 aromatic heterocycles. The van der Waals surface area contributed by atoms with E-state index in [4.69, 9.17) is 0 Å². The van der Waals surface area contributed by atoms with Crippen LogP contribution < -0.4 is 5.32 Å². The summed E-state index contributed by atoms with van der Waals surface area (Å²) in [5, 5.41) is 7.96. The van der Waals surface area contributed by atoms with Crippen molar-refractivity contribution >= 4 is 11.3 Å². The highest BCUT2D eigenvalue weighted by molar-refractivity contribution is 7.07. The maximum Gasteiger partial charge on any atom is 0.0213 e. The molecule has 1 aliphatic carbocycles. The second-order valence-electron chi connectivity index (χ2n) is 4.89. The van der Waals surface area contributed by atoms with Crippen LogP contribution in [0.25, 0.3) is 0 Å². The molecular formula is C13H21NS. The maximum atomic E-state index is 3.58. The molecule has 1 saturated carbocycles. The molecule has 1 N–H and O–H groups in total. The summed E-state index contributed by atoms with van der Waals surface area (Å²) >= 11 is 1.79. The summed E-state index contributed by atoms with van der Waals surface area (Å²) < 4.78 is 0. The molecular weight excluding hydrogens is 202 g/mol. The van der Waals surface area contributed by atoms with E-state index >= 15 is 0 Å². The monoisotopic (exact) mass is 223 g/mol. The van der Waals surface area contributed by atoms with Gasteiger partial charge in [0.05, 0.1) is 0 Å². The fourth-order valence-electron chi connectivity index (χ4n) is 2.35. The lowest BCUT2D eigenvalue weighted by Crippen LogP contribution is -2.25. The average Bonchev–Trinajstić information content (AvgIpc) is 2.74. The Kier molecular flexibility index (Phi) is 4.21. The number of nitrogens with one attached hydrogen (secondary N) is 1. The molecule has 0 spiro atoms. The largest absolute Gasteiger partial charge is 0.312 e. The Hall–Kier alpha value is -0.340. The van der Waals surface area contributed by atoms with Crippen molar-refractivity contribution in [3.8, 4) is 0 Å². The first-order valence-electron chi connectivity index (χ1n) is 6.06. The Labute approximate surface area is 96.9 Å². The second-order valence-corrected chi connectivity index (χ2v) is 5.67. The van der Waals surface area contributed by atoms with E-state index in [2.05, 4.69) is 29.1 Å². The summed E-state index contributed by atoms with van der Waals surface area (Å²) in [5.41, 5.74) is 1.43. The molecule has 0 aromatic carbocycles. The zero-order chi connectivity index (χ0) is 10.5. The summed E-state index contributed by atoms with van der Waals surface area (Å²) in [5.74, 6) is 1.90. The molecule has 0 atom stereocenters. The van der Waals surface area contributed by atoms with Gasteiger partial charge in [-0.1, -0.05) is 19.8 Å². The highest BCUT2D eigenvalue weighted by Crippen LogP contribution is 2.27. The van der Waals surface area contributed by atoms with E-state index in [1.165, 1.54) is 37.8 Å². The SMILES string of the molecule is CC1CCC(CNCc2ccsc2)CC1. The normalized spacial score (nSPS) is 26.7. The first-order chi connectivity index (χ1) is 7.34. The summed E-state index contributed by atoms with van der Waals surface area (Å²) in [6.45, 7) is 4.65. The third kappa shape index (κ3) is 3.62. The van der Waals surface area contributed by atoms with E-state index < -0.39 is 0 Å². The van der Waals surface area contributed by atoms with Gasteiger partial charge >= 0.3 is 0 Å². The molecule has 0 bridgehead atoms. The Bertz CT molecular complexity index is 260. The van der Waals surface area contributed by atoms with Crippen LogP contribution in [0.2, 0.25) is 0 Å². The van der Waals surface area contributed by atoms with Crippen molar-refractivity contribution in [1.82, 2.24) is 5.32 Å². The zero-order valence-corrected chi connectivity index (χ0v) is 10.4. The molecule has 2 rings (SSSR count). The van der Waals surface area contributed by atoms with E-state index in [0.717, 1.165) is 18.4 Å². The molecule has 1 fully saturated rings. The molecule has 1 heterocycles. The van der Waals surface area contributed by atoms with Crippen LogP contribution in [0.4, 0.5) is 0 Å². The van der Waals surface area contributed by atoms with Gasteiger partial charge in [0.2, 0.25) is 0 Å². The molecule has 1 aliphatic rings. The number of hydrogen-bond acceptors (Lipinski definition) is 2. The minimum atomic E-state index is 0.930. The van der Waals surface area contributed by atoms with Gasteiger partial charge in [-0.25, -0.2) is 0 Å². The fourth-order valence-corrected chi connectivity index (χ4v) is 3.02. The van der Waals surface area contributed by atoms with Crippen molar-refractivity contribution in [1.29, 1.82) is 0 Å². The summed E-state index contributed by atoms with van der Waals surface area (Å²) in [4.78, 5) is 0. The van der Waals surface area contributed by atoms with Crippen molar-refractivity contribution in [3.05, 3.63) is 22.4 Å². The van der Waals surface area contributed by atoms with Crippen LogP contribution >= 0.6 is 11.3 Å². The van der Waals surface area contributed by atoms with E-state index in [1.807, 2.05) is 0 Å². The van der Waals surface area contributed by atoms with Gasteiger partial charge < -0.3 is 5.32 Å². The first kappa shape index (κ1) is 11.2. The minimum Gasteiger partial charge on any atom is -0.312 e. The van der Waals surface area contributed by atoms with E-state index in [1.54, 1.807) is 11.3 Å². The van der Waals surface area contributed by atoms with Crippen LogP contribution in [-0.2, 0) is 6.54 Å². The van der Waals surface area contributed by atoms with Crippen LogP contribution in [0.1, 0.15) is 38.2 Å². The topological polar surface area (TPSA) is 12.0 Å². The van der Waals surface area contributed by atoms with Gasteiger partial charge in [0.25, 0.3) is 0 Å². The number of hydrogen-bond donors (Lipinski definition) is 1. The Morgan fingerprint density at radius 2 is 2.13 bits per heavy atom. The summed E-state index contributed by atoms with van der Waals surface area (Å²) in [6.07, 6.45) is 5.73.